The minimum atomic E-state index is 0.135. The van der Waals surface area contributed by atoms with Gasteiger partial charge in [0.15, 0.2) is 27.2 Å². The molecule has 2 aromatic carbocycles. The van der Waals surface area contributed by atoms with Crippen LogP contribution < -0.4 is 18.9 Å². The molecule has 0 unspecified atom stereocenters. The van der Waals surface area contributed by atoms with E-state index in [9.17, 15) is 0 Å². The Morgan fingerprint density at radius 3 is 0.967 bits per heavy atom. The lowest BCUT2D eigenvalue weighted by molar-refractivity contribution is 0.0434. The van der Waals surface area contributed by atoms with Crippen molar-refractivity contribution in [1.82, 2.24) is 0 Å². The molecule has 0 aliphatic heterocycles. The molecular weight excluding hydrogens is 392 g/mol. The van der Waals surface area contributed by atoms with Crippen LogP contribution in [0, 0.1) is 0 Å². The Morgan fingerprint density at radius 2 is 0.733 bits per heavy atom. The molecule has 0 radical (unpaired) electrons. The van der Waals surface area contributed by atoms with Crippen molar-refractivity contribution >= 4 is 0 Å². The summed E-state index contributed by atoms with van der Waals surface area (Å²) in [6, 6.07) is 11.2. The molecule has 8 nitrogen and oxygen atoms in total. The van der Waals surface area contributed by atoms with Crippen molar-refractivity contribution < 1.29 is 37.9 Å². The molecule has 0 heterocycles. The fraction of sp³-hybridized carbons (Fsp3) is 0.455. The first kappa shape index (κ1) is 23.8. The number of methoxy groups -OCH3 is 4. The Hall–Kier alpha value is -2.52. The van der Waals surface area contributed by atoms with Crippen molar-refractivity contribution in [2.45, 2.75) is 12.8 Å². The van der Waals surface area contributed by atoms with Gasteiger partial charge in [-0.25, -0.2) is 0 Å². The molecule has 2 aromatic rings. The van der Waals surface area contributed by atoms with Crippen molar-refractivity contribution in [1.29, 1.82) is 0 Å². The van der Waals surface area contributed by atoms with Gasteiger partial charge in [0.2, 0.25) is 0 Å². The lowest BCUT2D eigenvalue weighted by atomic mass is 10.0. The third-order valence-electron chi connectivity index (χ3n) is 4.13. The Kier molecular flexibility index (Phi) is 10.8. The molecule has 0 atom stereocenters. The Labute approximate surface area is 177 Å². The third-order valence-corrected chi connectivity index (χ3v) is 4.13. The Balaban J connectivity index is 2.31. The molecule has 166 valence electrons. The van der Waals surface area contributed by atoms with Gasteiger partial charge in [-0.05, 0) is 37.1 Å². The quantitative estimate of drug-likeness (QED) is 0.405. The first-order valence-electron chi connectivity index (χ1n) is 9.45. The van der Waals surface area contributed by atoms with Gasteiger partial charge in [0, 0.05) is 39.6 Å². The number of ether oxygens (including phenoxy) is 8. The van der Waals surface area contributed by atoms with E-state index in [-0.39, 0.29) is 27.2 Å². The summed E-state index contributed by atoms with van der Waals surface area (Å²) in [5.74, 6) is 2.72. The van der Waals surface area contributed by atoms with E-state index in [1.807, 2.05) is 36.4 Å². The first-order valence-corrected chi connectivity index (χ1v) is 9.45. The van der Waals surface area contributed by atoms with E-state index in [0.717, 1.165) is 11.1 Å². The van der Waals surface area contributed by atoms with E-state index in [0.29, 0.717) is 35.8 Å². The van der Waals surface area contributed by atoms with Crippen LogP contribution in [0.25, 0.3) is 0 Å². The van der Waals surface area contributed by atoms with Crippen LogP contribution in [0.3, 0.4) is 0 Å². The molecule has 0 saturated carbocycles. The molecule has 0 N–H and O–H groups in total. The van der Waals surface area contributed by atoms with E-state index in [1.165, 1.54) is 0 Å². The molecular formula is C22H30O8. The summed E-state index contributed by atoms with van der Waals surface area (Å²) in [5, 5.41) is 0. The smallest absolute Gasteiger partial charge is 0.188 e. The van der Waals surface area contributed by atoms with E-state index < -0.39 is 0 Å². The molecule has 0 fully saturated rings. The number of hydrogen-bond acceptors (Lipinski definition) is 8. The SMILES string of the molecule is COCOc1cccc(OCOC)c1CCc1c(OCOC)cccc1OCOC. The predicted octanol–water partition coefficient (Wildman–Crippen LogP) is 3.40. The zero-order chi connectivity index (χ0) is 21.6. The minimum absolute atomic E-state index is 0.135. The van der Waals surface area contributed by atoms with Gasteiger partial charge in [-0.3, -0.25) is 0 Å². The van der Waals surface area contributed by atoms with Gasteiger partial charge in [0.25, 0.3) is 0 Å². The lowest BCUT2D eigenvalue weighted by Crippen LogP contribution is -2.09. The highest BCUT2D eigenvalue weighted by Gasteiger charge is 2.16. The van der Waals surface area contributed by atoms with Gasteiger partial charge >= 0.3 is 0 Å². The monoisotopic (exact) mass is 422 g/mol. The van der Waals surface area contributed by atoms with Crippen LogP contribution in [0.1, 0.15) is 11.1 Å². The molecule has 8 heteroatoms. The molecule has 30 heavy (non-hydrogen) atoms. The van der Waals surface area contributed by atoms with Gasteiger partial charge in [-0.2, -0.15) is 0 Å². The van der Waals surface area contributed by atoms with Crippen molar-refractivity contribution in [2.75, 3.05) is 55.6 Å². The maximum atomic E-state index is 5.74. The summed E-state index contributed by atoms with van der Waals surface area (Å²) in [7, 11) is 6.31. The zero-order valence-corrected chi connectivity index (χ0v) is 18.0. The normalized spacial score (nSPS) is 10.7. The second-order valence-electron chi connectivity index (χ2n) is 6.17. The van der Waals surface area contributed by atoms with Crippen molar-refractivity contribution in [3.05, 3.63) is 47.5 Å². The number of hydrogen-bond donors (Lipinski definition) is 0. The second kappa shape index (κ2) is 13.7. The summed E-state index contributed by atoms with van der Waals surface area (Å²) in [5.41, 5.74) is 1.79. The number of benzene rings is 2. The van der Waals surface area contributed by atoms with Gasteiger partial charge in [0.05, 0.1) is 0 Å². The molecule has 0 bridgehead atoms. The zero-order valence-electron chi connectivity index (χ0n) is 18.0. The number of rotatable bonds is 15. The van der Waals surface area contributed by atoms with Gasteiger partial charge < -0.3 is 37.9 Å². The van der Waals surface area contributed by atoms with Crippen LogP contribution in [0.15, 0.2) is 36.4 Å². The molecule has 0 aromatic heterocycles. The highest BCUT2D eigenvalue weighted by Crippen LogP contribution is 2.34. The largest absolute Gasteiger partial charge is 0.467 e. The fourth-order valence-electron chi connectivity index (χ4n) is 2.86. The lowest BCUT2D eigenvalue weighted by Gasteiger charge is -2.18. The van der Waals surface area contributed by atoms with E-state index >= 15 is 0 Å². The highest BCUT2D eigenvalue weighted by molar-refractivity contribution is 5.48. The average molecular weight is 422 g/mol. The molecule has 0 aliphatic rings. The summed E-state index contributed by atoms with van der Waals surface area (Å²) < 4.78 is 43.2. The average Bonchev–Trinajstić information content (AvgIpc) is 2.78. The van der Waals surface area contributed by atoms with Gasteiger partial charge in [-0.15, -0.1) is 0 Å². The second-order valence-corrected chi connectivity index (χ2v) is 6.17. The molecule has 2 rings (SSSR count). The molecule has 0 amide bonds. The van der Waals surface area contributed by atoms with Crippen molar-refractivity contribution in [3.8, 4) is 23.0 Å². The van der Waals surface area contributed by atoms with E-state index in [4.69, 9.17) is 37.9 Å². The molecule has 0 spiro atoms. The Bertz CT molecular complexity index is 634. The van der Waals surface area contributed by atoms with Gasteiger partial charge in [0.1, 0.15) is 23.0 Å². The summed E-state index contributed by atoms with van der Waals surface area (Å²) in [6.07, 6.45) is 1.21. The maximum absolute atomic E-state index is 5.74. The van der Waals surface area contributed by atoms with Crippen LogP contribution >= 0.6 is 0 Å². The van der Waals surface area contributed by atoms with Crippen LogP contribution in [0.5, 0.6) is 23.0 Å². The van der Waals surface area contributed by atoms with Crippen molar-refractivity contribution in [3.63, 3.8) is 0 Å². The Morgan fingerprint density at radius 1 is 0.467 bits per heavy atom. The van der Waals surface area contributed by atoms with Crippen molar-refractivity contribution in [2.24, 2.45) is 0 Å². The van der Waals surface area contributed by atoms with E-state index in [2.05, 4.69) is 0 Å². The fourth-order valence-corrected chi connectivity index (χ4v) is 2.86. The maximum Gasteiger partial charge on any atom is 0.188 e. The summed E-state index contributed by atoms with van der Waals surface area (Å²) >= 11 is 0. The third kappa shape index (κ3) is 7.07. The molecule has 0 aliphatic carbocycles. The predicted molar refractivity (Wildman–Crippen MR) is 110 cm³/mol. The van der Waals surface area contributed by atoms with Crippen LogP contribution in [-0.4, -0.2) is 55.6 Å². The highest BCUT2D eigenvalue weighted by atomic mass is 16.7. The van der Waals surface area contributed by atoms with Crippen LogP contribution in [-0.2, 0) is 31.8 Å². The van der Waals surface area contributed by atoms with Crippen LogP contribution in [0.2, 0.25) is 0 Å². The standard InChI is InChI=1S/C22H30O8/c1-23-13-27-19-7-5-8-20(28-14-24-2)17(19)11-12-18-21(29-15-25-3)9-6-10-22(18)30-16-26-4/h5-10H,11-16H2,1-4H3. The minimum Gasteiger partial charge on any atom is -0.467 e. The topological polar surface area (TPSA) is 73.8 Å². The van der Waals surface area contributed by atoms with Gasteiger partial charge in [-0.1, -0.05) is 12.1 Å². The first-order chi connectivity index (χ1) is 14.7. The molecule has 0 saturated heterocycles. The summed E-state index contributed by atoms with van der Waals surface area (Å²) in [4.78, 5) is 0. The van der Waals surface area contributed by atoms with Crippen LogP contribution in [0.4, 0.5) is 0 Å². The van der Waals surface area contributed by atoms with E-state index in [1.54, 1.807) is 28.4 Å². The summed E-state index contributed by atoms with van der Waals surface area (Å²) in [6.45, 7) is 0.542.